The Hall–Kier alpha value is -1.99. The molecular formula is C13H11ClN4O2S. The van der Waals surface area contributed by atoms with Gasteiger partial charge in [-0.1, -0.05) is 46.3 Å². The van der Waals surface area contributed by atoms with E-state index in [-0.39, 0.29) is 5.91 Å². The highest BCUT2D eigenvalue weighted by Gasteiger charge is 2.42. The number of aromatic nitrogens is 2. The van der Waals surface area contributed by atoms with E-state index in [2.05, 4.69) is 20.7 Å². The van der Waals surface area contributed by atoms with Crippen LogP contribution in [0.1, 0.15) is 18.9 Å². The third-order valence-corrected chi connectivity index (χ3v) is 4.04. The van der Waals surface area contributed by atoms with Crippen LogP contribution in [0.5, 0.6) is 0 Å². The molecule has 2 heterocycles. The van der Waals surface area contributed by atoms with Gasteiger partial charge in [-0.2, -0.15) is 0 Å². The fourth-order valence-corrected chi connectivity index (χ4v) is 2.64. The number of amides is 1. The Labute approximate surface area is 129 Å². The average Bonchev–Trinajstić information content (AvgIpc) is 3.10. The van der Waals surface area contributed by atoms with Crippen LogP contribution in [-0.4, -0.2) is 27.4 Å². The van der Waals surface area contributed by atoms with E-state index in [0.717, 1.165) is 5.56 Å². The number of nitrogens with one attached hydrogen (secondary N) is 1. The van der Waals surface area contributed by atoms with Crippen LogP contribution < -0.4 is 5.32 Å². The van der Waals surface area contributed by atoms with Crippen molar-refractivity contribution in [1.82, 2.24) is 10.2 Å². The number of carbonyl (C=O) groups excluding carboxylic acids is 1. The molecule has 2 aromatic rings. The summed E-state index contributed by atoms with van der Waals surface area (Å²) in [5.74, 6) is -0.315. The standard InChI is InChI=1S/C13H11ClN4O2S/c1-13(11(19)16-12-17-15-7-21-12)6-10(18-20-13)8-4-2-3-5-9(8)14/h2-5,7H,6H2,1H3,(H,16,17,19)/t13-/m0/s1. The number of anilines is 1. The summed E-state index contributed by atoms with van der Waals surface area (Å²) in [7, 11) is 0. The summed E-state index contributed by atoms with van der Waals surface area (Å²) >= 11 is 7.38. The van der Waals surface area contributed by atoms with Crippen LogP contribution in [0.2, 0.25) is 5.02 Å². The molecule has 0 aliphatic carbocycles. The Morgan fingerprint density at radius 3 is 3.00 bits per heavy atom. The fourth-order valence-electron chi connectivity index (χ4n) is 1.96. The smallest absolute Gasteiger partial charge is 0.273 e. The predicted octanol–water partition coefficient (Wildman–Crippen LogP) is 2.71. The van der Waals surface area contributed by atoms with E-state index >= 15 is 0 Å². The van der Waals surface area contributed by atoms with Gasteiger partial charge < -0.3 is 4.84 Å². The number of oxime groups is 1. The molecule has 0 spiro atoms. The van der Waals surface area contributed by atoms with Crippen molar-refractivity contribution in [3.63, 3.8) is 0 Å². The minimum Gasteiger partial charge on any atom is -0.379 e. The van der Waals surface area contributed by atoms with E-state index in [1.54, 1.807) is 18.5 Å². The average molecular weight is 323 g/mol. The van der Waals surface area contributed by atoms with E-state index in [9.17, 15) is 4.79 Å². The number of nitrogens with zero attached hydrogens (tertiary/aromatic N) is 3. The lowest BCUT2D eigenvalue weighted by Crippen LogP contribution is -2.40. The SMILES string of the molecule is C[C@@]1(C(=O)Nc2nncs2)CC(c2ccccc2Cl)=NO1. The molecule has 0 saturated heterocycles. The third kappa shape index (κ3) is 2.74. The Bertz CT molecular complexity index is 704. The minimum atomic E-state index is -1.08. The highest BCUT2D eigenvalue weighted by molar-refractivity contribution is 7.13. The van der Waals surface area contributed by atoms with Gasteiger partial charge in [0.1, 0.15) is 5.51 Å². The third-order valence-electron chi connectivity index (χ3n) is 3.11. The first-order valence-corrected chi connectivity index (χ1v) is 7.42. The molecule has 0 radical (unpaired) electrons. The van der Waals surface area contributed by atoms with Crippen LogP contribution in [0.3, 0.4) is 0 Å². The normalized spacial score (nSPS) is 20.8. The lowest BCUT2D eigenvalue weighted by molar-refractivity contribution is -0.135. The zero-order valence-corrected chi connectivity index (χ0v) is 12.6. The number of benzene rings is 1. The molecule has 0 unspecified atom stereocenters. The first kappa shape index (κ1) is 14.0. The van der Waals surface area contributed by atoms with Crippen LogP contribution in [0, 0.1) is 0 Å². The molecule has 1 N–H and O–H groups in total. The van der Waals surface area contributed by atoms with Gasteiger partial charge in [-0.25, -0.2) is 0 Å². The van der Waals surface area contributed by atoms with Crippen molar-refractivity contribution in [2.45, 2.75) is 18.9 Å². The van der Waals surface area contributed by atoms with Crippen LogP contribution in [0.15, 0.2) is 34.9 Å². The Kier molecular flexibility index (Phi) is 3.60. The molecule has 1 aliphatic heterocycles. The van der Waals surface area contributed by atoms with Crippen LogP contribution in [0.4, 0.5) is 5.13 Å². The molecule has 3 rings (SSSR count). The van der Waals surface area contributed by atoms with Crippen LogP contribution in [0.25, 0.3) is 0 Å². The van der Waals surface area contributed by atoms with Gasteiger partial charge in [0.15, 0.2) is 0 Å². The summed E-state index contributed by atoms with van der Waals surface area (Å²) in [5, 5.41) is 15.1. The zero-order chi connectivity index (χ0) is 14.9. The van der Waals surface area contributed by atoms with Gasteiger partial charge in [0.2, 0.25) is 10.7 Å². The Morgan fingerprint density at radius 2 is 2.29 bits per heavy atom. The quantitative estimate of drug-likeness (QED) is 0.942. The second-order valence-corrected chi connectivity index (χ2v) is 5.96. The molecule has 0 fully saturated rings. The molecule has 8 heteroatoms. The van der Waals surface area contributed by atoms with Crippen molar-refractivity contribution in [3.05, 3.63) is 40.4 Å². The molecule has 0 bridgehead atoms. The van der Waals surface area contributed by atoms with Crippen molar-refractivity contribution in [1.29, 1.82) is 0 Å². The maximum atomic E-state index is 12.3. The minimum absolute atomic E-state index is 0.315. The second kappa shape index (κ2) is 5.42. The van der Waals surface area contributed by atoms with Crippen molar-refractivity contribution >= 4 is 39.7 Å². The maximum absolute atomic E-state index is 12.3. The summed E-state index contributed by atoms with van der Waals surface area (Å²) in [6, 6.07) is 7.32. The highest BCUT2D eigenvalue weighted by Crippen LogP contribution is 2.30. The van der Waals surface area contributed by atoms with Gasteiger partial charge in [-0.15, -0.1) is 10.2 Å². The molecule has 1 atom stereocenters. The number of hydrogen-bond acceptors (Lipinski definition) is 6. The largest absolute Gasteiger partial charge is 0.379 e. The Morgan fingerprint density at radius 1 is 1.48 bits per heavy atom. The lowest BCUT2D eigenvalue weighted by atomic mass is 9.95. The van der Waals surface area contributed by atoms with Crippen LogP contribution >= 0.6 is 22.9 Å². The molecule has 6 nitrogen and oxygen atoms in total. The summed E-state index contributed by atoms with van der Waals surface area (Å²) in [5.41, 5.74) is 1.88. The summed E-state index contributed by atoms with van der Waals surface area (Å²) in [6.45, 7) is 1.68. The van der Waals surface area contributed by atoms with Gasteiger partial charge in [-0.3, -0.25) is 10.1 Å². The van der Waals surface area contributed by atoms with E-state index in [1.165, 1.54) is 11.3 Å². The first-order chi connectivity index (χ1) is 10.1. The van der Waals surface area contributed by atoms with Gasteiger partial charge in [0.05, 0.1) is 5.71 Å². The molecule has 21 heavy (non-hydrogen) atoms. The molecule has 1 aliphatic rings. The number of hydrogen-bond donors (Lipinski definition) is 1. The van der Waals surface area contributed by atoms with E-state index in [1.807, 2.05) is 18.2 Å². The van der Waals surface area contributed by atoms with Gasteiger partial charge >= 0.3 is 0 Å². The molecule has 108 valence electrons. The molecule has 1 amide bonds. The van der Waals surface area contributed by atoms with Crippen molar-refractivity contribution in [2.75, 3.05) is 5.32 Å². The first-order valence-electron chi connectivity index (χ1n) is 6.16. The monoisotopic (exact) mass is 322 g/mol. The van der Waals surface area contributed by atoms with Gasteiger partial charge in [0, 0.05) is 17.0 Å². The second-order valence-electron chi connectivity index (χ2n) is 4.71. The van der Waals surface area contributed by atoms with E-state index in [4.69, 9.17) is 16.4 Å². The number of rotatable bonds is 3. The zero-order valence-electron chi connectivity index (χ0n) is 11.0. The summed E-state index contributed by atoms with van der Waals surface area (Å²) in [4.78, 5) is 17.6. The highest BCUT2D eigenvalue weighted by atomic mass is 35.5. The fraction of sp³-hybridized carbons (Fsp3) is 0.231. The number of halogens is 1. The van der Waals surface area contributed by atoms with Crippen molar-refractivity contribution in [3.8, 4) is 0 Å². The summed E-state index contributed by atoms with van der Waals surface area (Å²) in [6.07, 6.45) is 0.335. The van der Waals surface area contributed by atoms with Gasteiger partial charge in [-0.05, 0) is 13.0 Å². The summed E-state index contributed by atoms with van der Waals surface area (Å²) < 4.78 is 0. The predicted molar refractivity (Wildman–Crippen MR) is 80.6 cm³/mol. The van der Waals surface area contributed by atoms with Crippen LogP contribution in [-0.2, 0) is 9.63 Å². The number of carbonyl (C=O) groups is 1. The maximum Gasteiger partial charge on any atom is 0.273 e. The topological polar surface area (TPSA) is 76.5 Å². The molecule has 1 aromatic carbocycles. The molecule has 0 saturated carbocycles. The van der Waals surface area contributed by atoms with Crippen molar-refractivity contribution < 1.29 is 9.63 Å². The van der Waals surface area contributed by atoms with Crippen molar-refractivity contribution in [2.24, 2.45) is 5.16 Å². The molecule has 1 aromatic heterocycles. The molecular weight excluding hydrogens is 312 g/mol. The van der Waals surface area contributed by atoms with E-state index < -0.39 is 5.60 Å². The van der Waals surface area contributed by atoms with E-state index in [0.29, 0.717) is 22.3 Å². The lowest BCUT2D eigenvalue weighted by Gasteiger charge is -2.19. The van der Waals surface area contributed by atoms with Gasteiger partial charge in [0.25, 0.3) is 5.91 Å². The Balaban J connectivity index is 1.75.